The fraction of sp³-hybridized carbons (Fsp3) is 0.125. The first-order valence-corrected chi connectivity index (χ1v) is 9.56. The van der Waals surface area contributed by atoms with Gasteiger partial charge in [-0.15, -0.1) is 0 Å². The van der Waals surface area contributed by atoms with Gasteiger partial charge in [0.15, 0.2) is 0 Å². The number of carbonyl (C=O) groups is 3. The molecule has 0 atom stereocenters. The van der Waals surface area contributed by atoms with Crippen molar-refractivity contribution in [1.29, 1.82) is 0 Å². The van der Waals surface area contributed by atoms with Crippen molar-refractivity contribution in [2.24, 2.45) is 0 Å². The third-order valence-corrected chi connectivity index (χ3v) is 4.25. The van der Waals surface area contributed by atoms with E-state index in [1.807, 2.05) is 6.92 Å². The number of aryl methyl sites for hydroxylation is 2. The molecule has 3 aromatic carbocycles. The minimum Gasteiger partial charge on any atom is -0.508 e. The summed E-state index contributed by atoms with van der Waals surface area (Å²) in [7, 11) is 0. The standard InChI is InChI=1S/C9H10O3.C8H8O3.C7H6O3/c1-2-6-5-7(10)3-4-8(6)9(11)12;1-5-4-6(9)2-3-7(5)8(10)11;8-6-3-1-5(2-4-6)7(9)10/h3-5,10H,2H2,1H3,(H,11,12);2-4,9H,1H3,(H,10,11);1-4,8H,(H,9,10). The zero-order chi connectivity index (χ0) is 25.1. The number of phenolic OH excluding ortho intramolecular Hbond substituents is 3. The lowest BCUT2D eigenvalue weighted by molar-refractivity contribution is 0.0685. The number of aromatic carboxylic acids is 3. The lowest BCUT2D eigenvalue weighted by atomic mass is 10.1. The van der Waals surface area contributed by atoms with Crippen LogP contribution in [0.1, 0.15) is 49.1 Å². The molecule has 0 fully saturated rings. The number of hydrogen-bond acceptors (Lipinski definition) is 6. The van der Waals surface area contributed by atoms with Crippen LogP contribution in [-0.4, -0.2) is 48.5 Å². The molecule has 0 aliphatic heterocycles. The highest BCUT2D eigenvalue weighted by Gasteiger charge is 2.08. The van der Waals surface area contributed by atoms with Crippen LogP contribution in [0, 0.1) is 6.92 Å². The highest BCUT2D eigenvalue weighted by Crippen LogP contribution is 2.17. The summed E-state index contributed by atoms with van der Waals surface area (Å²) in [5.41, 5.74) is 1.89. The van der Waals surface area contributed by atoms with Gasteiger partial charge in [-0.05, 0) is 85.1 Å². The summed E-state index contributed by atoms with van der Waals surface area (Å²) in [6, 6.07) is 13.8. The molecule has 0 heterocycles. The van der Waals surface area contributed by atoms with Crippen LogP contribution in [0.2, 0.25) is 0 Å². The van der Waals surface area contributed by atoms with Crippen LogP contribution in [-0.2, 0) is 6.42 Å². The monoisotopic (exact) mass is 456 g/mol. The van der Waals surface area contributed by atoms with E-state index in [1.165, 1.54) is 60.7 Å². The normalized spacial score (nSPS) is 9.52. The van der Waals surface area contributed by atoms with E-state index in [-0.39, 0.29) is 33.9 Å². The molecule has 0 amide bonds. The number of phenols is 3. The van der Waals surface area contributed by atoms with E-state index >= 15 is 0 Å². The van der Waals surface area contributed by atoms with Gasteiger partial charge in [0, 0.05) is 0 Å². The topological polar surface area (TPSA) is 173 Å². The quantitative estimate of drug-likeness (QED) is 0.337. The average Bonchev–Trinajstić information content (AvgIpc) is 2.74. The Labute approximate surface area is 189 Å². The van der Waals surface area contributed by atoms with Gasteiger partial charge in [0.1, 0.15) is 17.2 Å². The van der Waals surface area contributed by atoms with Gasteiger partial charge in [-0.2, -0.15) is 0 Å². The number of carboxylic acid groups (broad SMARTS) is 3. The van der Waals surface area contributed by atoms with Crippen molar-refractivity contribution in [2.45, 2.75) is 20.3 Å². The maximum atomic E-state index is 10.6. The highest BCUT2D eigenvalue weighted by molar-refractivity contribution is 5.90. The van der Waals surface area contributed by atoms with Crippen molar-refractivity contribution in [2.75, 3.05) is 0 Å². The van der Waals surface area contributed by atoms with Crippen LogP contribution >= 0.6 is 0 Å². The predicted molar refractivity (Wildman–Crippen MR) is 119 cm³/mol. The second-order valence-corrected chi connectivity index (χ2v) is 6.66. The Kier molecular flexibility index (Phi) is 9.92. The molecule has 0 aliphatic carbocycles. The van der Waals surface area contributed by atoms with Gasteiger partial charge in [0.05, 0.1) is 16.7 Å². The van der Waals surface area contributed by atoms with Gasteiger partial charge in [-0.3, -0.25) is 0 Å². The molecular weight excluding hydrogens is 432 g/mol. The van der Waals surface area contributed by atoms with Crippen LogP contribution in [0.5, 0.6) is 17.2 Å². The highest BCUT2D eigenvalue weighted by atomic mass is 16.4. The van der Waals surface area contributed by atoms with Crippen molar-refractivity contribution >= 4 is 17.9 Å². The summed E-state index contributed by atoms with van der Waals surface area (Å²) in [4.78, 5) is 31.3. The van der Waals surface area contributed by atoms with Crippen LogP contribution in [0.15, 0.2) is 60.7 Å². The van der Waals surface area contributed by atoms with Gasteiger partial charge >= 0.3 is 17.9 Å². The maximum absolute atomic E-state index is 10.6. The summed E-state index contributed by atoms with van der Waals surface area (Å²) in [6.07, 6.45) is 0.607. The maximum Gasteiger partial charge on any atom is 0.335 e. The summed E-state index contributed by atoms with van der Waals surface area (Å²) in [6.45, 7) is 3.49. The van der Waals surface area contributed by atoms with Gasteiger partial charge in [0.25, 0.3) is 0 Å². The Morgan fingerprint density at radius 1 is 0.636 bits per heavy atom. The first-order chi connectivity index (χ1) is 15.5. The molecule has 9 nitrogen and oxygen atoms in total. The Balaban J connectivity index is 0.000000249. The smallest absolute Gasteiger partial charge is 0.335 e. The van der Waals surface area contributed by atoms with Crippen LogP contribution in [0.3, 0.4) is 0 Å². The summed E-state index contributed by atoms with van der Waals surface area (Å²) < 4.78 is 0. The van der Waals surface area contributed by atoms with Crippen molar-refractivity contribution < 1.29 is 45.0 Å². The van der Waals surface area contributed by atoms with Crippen LogP contribution in [0.25, 0.3) is 0 Å². The average molecular weight is 456 g/mol. The Hall–Kier alpha value is -4.53. The van der Waals surface area contributed by atoms with E-state index in [4.69, 9.17) is 30.6 Å². The number of rotatable bonds is 4. The Morgan fingerprint density at radius 2 is 1.09 bits per heavy atom. The van der Waals surface area contributed by atoms with E-state index in [9.17, 15) is 14.4 Å². The van der Waals surface area contributed by atoms with E-state index in [1.54, 1.807) is 6.92 Å². The summed E-state index contributed by atoms with van der Waals surface area (Å²) >= 11 is 0. The number of hydrogen-bond donors (Lipinski definition) is 6. The fourth-order valence-electron chi connectivity index (χ4n) is 2.57. The molecule has 0 saturated carbocycles. The minimum absolute atomic E-state index is 0.0741. The van der Waals surface area contributed by atoms with Crippen molar-refractivity contribution in [3.05, 3.63) is 88.5 Å². The summed E-state index contributed by atoms with van der Waals surface area (Å²) in [5, 5.41) is 52.4. The first kappa shape index (κ1) is 26.5. The predicted octanol–water partition coefficient (Wildman–Crippen LogP) is 4.14. The van der Waals surface area contributed by atoms with Gasteiger partial charge in [-0.1, -0.05) is 6.92 Å². The molecule has 0 aromatic heterocycles. The molecule has 6 N–H and O–H groups in total. The van der Waals surface area contributed by atoms with Crippen molar-refractivity contribution in [3.63, 3.8) is 0 Å². The molecule has 33 heavy (non-hydrogen) atoms. The SMILES string of the molecule is CCc1cc(O)ccc1C(=O)O.Cc1cc(O)ccc1C(=O)O.O=C(O)c1ccc(O)cc1. The number of carboxylic acids is 3. The molecule has 0 saturated heterocycles. The molecule has 174 valence electrons. The van der Waals surface area contributed by atoms with E-state index in [0.29, 0.717) is 17.5 Å². The Bertz CT molecular complexity index is 1120. The van der Waals surface area contributed by atoms with E-state index < -0.39 is 17.9 Å². The third-order valence-electron chi connectivity index (χ3n) is 4.25. The zero-order valence-corrected chi connectivity index (χ0v) is 17.9. The lowest BCUT2D eigenvalue weighted by Crippen LogP contribution is -2.00. The molecule has 0 spiro atoms. The largest absolute Gasteiger partial charge is 0.508 e. The third kappa shape index (κ3) is 8.62. The lowest BCUT2D eigenvalue weighted by Gasteiger charge is -2.02. The molecular formula is C24H24O9. The molecule has 3 rings (SSSR count). The van der Waals surface area contributed by atoms with E-state index in [0.717, 1.165) is 0 Å². The number of benzene rings is 3. The zero-order valence-electron chi connectivity index (χ0n) is 17.9. The molecule has 9 heteroatoms. The molecule has 0 bridgehead atoms. The Morgan fingerprint density at radius 3 is 1.52 bits per heavy atom. The van der Waals surface area contributed by atoms with Gasteiger partial charge in [-0.25, -0.2) is 14.4 Å². The molecule has 0 aliphatic rings. The fourth-order valence-corrected chi connectivity index (χ4v) is 2.57. The van der Waals surface area contributed by atoms with Gasteiger partial charge < -0.3 is 30.6 Å². The second kappa shape index (κ2) is 12.4. The molecule has 0 radical (unpaired) electrons. The minimum atomic E-state index is -0.986. The summed E-state index contributed by atoms with van der Waals surface area (Å²) in [5.74, 6) is -2.64. The van der Waals surface area contributed by atoms with Crippen LogP contribution < -0.4 is 0 Å². The van der Waals surface area contributed by atoms with Crippen LogP contribution in [0.4, 0.5) is 0 Å². The second-order valence-electron chi connectivity index (χ2n) is 6.66. The molecule has 0 unspecified atom stereocenters. The first-order valence-electron chi connectivity index (χ1n) is 9.56. The number of aromatic hydroxyl groups is 3. The van der Waals surface area contributed by atoms with Gasteiger partial charge in [0.2, 0.25) is 0 Å². The van der Waals surface area contributed by atoms with Crippen molar-refractivity contribution in [3.8, 4) is 17.2 Å². The molecule has 3 aromatic rings. The van der Waals surface area contributed by atoms with Crippen molar-refractivity contribution in [1.82, 2.24) is 0 Å². The van der Waals surface area contributed by atoms with E-state index in [2.05, 4.69) is 0 Å².